The third kappa shape index (κ3) is 2.67. The van der Waals surface area contributed by atoms with Crippen LogP contribution in [0.5, 0.6) is 0 Å². The van der Waals surface area contributed by atoms with Crippen LogP contribution in [0.15, 0.2) is 47.6 Å². The number of halogens is 1. The van der Waals surface area contributed by atoms with Gasteiger partial charge in [0.25, 0.3) is 5.91 Å². The van der Waals surface area contributed by atoms with Gasteiger partial charge in [0, 0.05) is 23.0 Å². The molecule has 1 aromatic carbocycles. The van der Waals surface area contributed by atoms with Crippen molar-refractivity contribution in [3.63, 3.8) is 0 Å². The second-order valence-electron chi connectivity index (χ2n) is 5.92. The third-order valence-electron chi connectivity index (χ3n) is 4.18. The molecule has 0 bridgehead atoms. The number of imidazole rings is 1. The standard InChI is InChI=1S/C18H16FN3OS/c1-11-5-7-22-10-15(20-16(22)9-11)18(23)21-14-6-8-24-17-12(14)3-2-4-13(17)19/h2-5,7,9-10,14H,6,8H2,1H3,(H,21,23)/t14-/m0/s1. The quantitative estimate of drug-likeness (QED) is 0.772. The molecule has 1 aliphatic rings. The number of pyridine rings is 1. The maximum Gasteiger partial charge on any atom is 0.271 e. The van der Waals surface area contributed by atoms with Crippen LogP contribution >= 0.6 is 11.8 Å². The monoisotopic (exact) mass is 341 g/mol. The summed E-state index contributed by atoms with van der Waals surface area (Å²) in [5, 5.41) is 3.00. The van der Waals surface area contributed by atoms with Gasteiger partial charge in [0.2, 0.25) is 0 Å². The van der Waals surface area contributed by atoms with Crippen LogP contribution in [0.25, 0.3) is 5.65 Å². The molecule has 4 nitrogen and oxygen atoms in total. The molecule has 0 radical (unpaired) electrons. The molecular weight excluding hydrogens is 325 g/mol. The minimum absolute atomic E-state index is 0.184. The number of hydrogen-bond acceptors (Lipinski definition) is 3. The Morgan fingerprint density at radius 3 is 3.17 bits per heavy atom. The van der Waals surface area contributed by atoms with Crippen LogP contribution < -0.4 is 5.32 Å². The predicted molar refractivity (Wildman–Crippen MR) is 91.9 cm³/mol. The van der Waals surface area contributed by atoms with Crippen LogP contribution in [0, 0.1) is 12.7 Å². The van der Waals surface area contributed by atoms with Gasteiger partial charge in [0.05, 0.1) is 6.04 Å². The van der Waals surface area contributed by atoms with Crippen molar-refractivity contribution in [2.24, 2.45) is 0 Å². The van der Waals surface area contributed by atoms with Crippen LogP contribution in [0.1, 0.15) is 34.1 Å². The molecular formula is C18H16FN3OS. The van der Waals surface area contributed by atoms with Crippen LogP contribution in [0.3, 0.4) is 0 Å². The molecule has 0 saturated carbocycles. The average molecular weight is 341 g/mol. The van der Waals surface area contributed by atoms with Crippen molar-refractivity contribution in [2.75, 3.05) is 5.75 Å². The summed E-state index contributed by atoms with van der Waals surface area (Å²) in [5.41, 5.74) is 3.05. The van der Waals surface area contributed by atoms with Crippen molar-refractivity contribution in [3.8, 4) is 0 Å². The Balaban J connectivity index is 1.61. The van der Waals surface area contributed by atoms with Gasteiger partial charge in [-0.15, -0.1) is 11.8 Å². The molecule has 6 heteroatoms. The number of amides is 1. The highest BCUT2D eigenvalue weighted by atomic mass is 32.2. The molecule has 4 rings (SSSR count). The summed E-state index contributed by atoms with van der Waals surface area (Å²) in [6.07, 6.45) is 4.38. The maximum absolute atomic E-state index is 13.9. The number of carbonyl (C=O) groups excluding carboxylic acids is 1. The largest absolute Gasteiger partial charge is 0.344 e. The molecule has 1 aliphatic heterocycles. The summed E-state index contributed by atoms with van der Waals surface area (Å²) in [7, 11) is 0. The molecule has 2 aromatic heterocycles. The van der Waals surface area contributed by atoms with Crippen LogP contribution in [0.4, 0.5) is 4.39 Å². The summed E-state index contributed by atoms with van der Waals surface area (Å²) in [4.78, 5) is 17.6. The molecule has 3 heterocycles. The second kappa shape index (κ2) is 5.94. The number of benzene rings is 1. The van der Waals surface area contributed by atoms with Gasteiger partial charge >= 0.3 is 0 Å². The number of nitrogens with zero attached hydrogens (tertiary/aromatic N) is 2. The summed E-state index contributed by atoms with van der Waals surface area (Å²) < 4.78 is 15.8. The van der Waals surface area contributed by atoms with Gasteiger partial charge in [0.15, 0.2) is 0 Å². The Labute approximate surface area is 143 Å². The first-order valence-corrected chi connectivity index (χ1v) is 8.78. The van der Waals surface area contributed by atoms with Crippen molar-refractivity contribution in [1.29, 1.82) is 0 Å². The number of carbonyl (C=O) groups is 1. The van der Waals surface area contributed by atoms with E-state index in [1.165, 1.54) is 17.8 Å². The number of rotatable bonds is 2. The van der Waals surface area contributed by atoms with E-state index in [4.69, 9.17) is 0 Å². The molecule has 0 unspecified atom stereocenters. The fourth-order valence-corrected chi connectivity index (χ4v) is 4.10. The lowest BCUT2D eigenvalue weighted by molar-refractivity contribution is 0.0930. The summed E-state index contributed by atoms with van der Waals surface area (Å²) in [5.74, 6) is 0.326. The van der Waals surface area contributed by atoms with Crippen LogP contribution in [-0.4, -0.2) is 21.0 Å². The highest BCUT2D eigenvalue weighted by Gasteiger charge is 2.25. The molecule has 24 heavy (non-hydrogen) atoms. The number of hydrogen-bond donors (Lipinski definition) is 1. The van der Waals surface area contributed by atoms with Gasteiger partial charge in [-0.25, -0.2) is 9.37 Å². The smallest absolute Gasteiger partial charge is 0.271 e. The third-order valence-corrected chi connectivity index (χ3v) is 5.34. The van der Waals surface area contributed by atoms with E-state index in [-0.39, 0.29) is 17.8 Å². The molecule has 0 saturated heterocycles. The van der Waals surface area contributed by atoms with Gasteiger partial charge in [-0.2, -0.15) is 0 Å². The number of fused-ring (bicyclic) bond motifs is 2. The fourth-order valence-electron chi connectivity index (χ4n) is 2.96. The van der Waals surface area contributed by atoms with E-state index < -0.39 is 0 Å². The zero-order valence-electron chi connectivity index (χ0n) is 13.1. The van der Waals surface area contributed by atoms with Crippen LogP contribution in [0.2, 0.25) is 0 Å². The summed E-state index contributed by atoms with van der Waals surface area (Å²) in [6.45, 7) is 1.99. The minimum Gasteiger partial charge on any atom is -0.344 e. The van der Waals surface area contributed by atoms with Gasteiger partial charge in [0.1, 0.15) is 17.2 Å². The Morgan fingerprint density at radius 1 is 1.42 bits per heavy atom. The lowest BCUT2D eigenvalue weighted by Gasteiger charge is -2.25. The highest BCUT2D eigenvalue weighted by Crippen LogP contribution is 2.37. The van der Waals surface area contributed by atoms with E-state index in [0.717, 1.165) is 28.9 Å². The number of nitrogens with one attached hydrogen (secondary N) is 1. The molecule has 3 aromatic rings. The van der Waals surface area contributed by atoms with Crippen molar-refractivity contribution in [1.82, 2.24) is 14.7 Å². The van der Waals surface area contributed by atoms with E-state index in [9.17, 15) is 9.18 Å². The first kappa shape index (κ1) is 15.2. The normalized spacial score (nSPS) is 16.8. The Kier molecular flexibility index (Phi) is 3.76. The lowest BCUT2D eigenvalue weighted by Crippen LogP contribution is -2.31. The van der Waals surface area contributed by atoms with Gasteiger partial charge in [-0.05, 0) is 42.7 Å². The van der Waals surface area contributed by atoms with Crippen molar-refractivity contribution in [2.45, 2.75) is 24.3 Å². The second-order valence-corrected chi connectivity index (χ2v) is 7.02. The minimum atomic E-state index is -0.233. The number of aromatic nitrogens is 2. The first-order valence-electron chi connectivity index (χ1n) is 7.79. The molecule has 122 valence electrons. The van der Waals surface area contributed by atoms with Crippen LogP contribution in [-0.2, 0) is 0 Å². The van der Waals surface area contributed by atoms with Crippen molar-refractivity contribution >= 4 is 23.3 Å². The average Bonchev–Trinajstić information content (AvgIpc) is 2.99. The number of thioether (sulfide) groups is 1. The van der Waals surface area contributed by atoms with E-state index >= 15 is 0 Å². The zero-order chi connectivity index (χ0) is 16.7. The Hall–Kier alpha value is -2.34. The zero-order valence-corrected chi connectivity index (χ0v) is 13.9. The van der Waals surface area contributed by atoms with Gasteiger partial charge < -0.3 is 9.72 Å². The Morgan fingerprint density at radius 2 is 2.29 bits per heavy atom. The molecule has 0 spiro atoms. The van der Waals surface area contributed by atoms with E-state index in [1.807, 2.05) is 35.7 Å². The van der Waals surface area contributed by atoms with Crippen molar-refractivity contribution in [3.05, 3.63) is 65.4 Å². The first-order chi connectivity index (χ1) is 11.6. The van der Waals surface area contributed by atoms with E-state index in [0.29, 0.717) is 10.6 Å². The predicted octanol–water partition coefficient (Wildman–Crippen LogP) is 3.75. The van der Waals surface area contributed by atoms with Gasteiger partial charge in [-0.1, -0.05) is 12.1 Å². The topological polar surface area (TPSA) is 46.4 Å². The lowest BCUT2D eigenvalue weighted by atomic mass is 10.0. The number of aryl methyl sites for hydroxylation is 1. The highest BCUT2D eigenvalue weighted by molar-refractivity contribution is 7.99. The molecule has 1 N–H and O–H groups in total. The van der Waals surface area contributed by atoms with Crippen molar-refractivity contribution < 1.29 is 9.18 Å². The maximum atomic E-state index is 13.9. The van der Waals surface area contributed by atoms with E-state index in [1.54, 1.807) is 12.3 Å². The molecule has 1 atom stereocenters. The summed E-state index contributed by atoms with van der Waals surface area (Å²) in [6, 6.07) is 8.73. The fraction of sp³-hybridized carbons (Fsp3) is 0.222. The molecule has 0 fully saturated rings. The van der Waals surface area contributed by atoms with E-state index in [2.05, 4.69) is 10.3 Å². The SMILES string of the molecule is Cc1ccn2cc(C(=O)N[C@H]3CCSc4c(F)cccc43)nc2c1. The molecule has 0 aliphatic carbocycles. The molecule has 1 amide bonds. The Bertz CT molecular complexity index is 937. The van der Waals surface area contributed by atoms with Gasteiger partial charge in [-0.3, -0.25) is 4.79 Å². The summed E-state index contributed by atoms with van der Waals surface area (Å²) >= 11 is 1.50.